The zero-order valence-electron chi connectivity index (χ0n) is 17.9. The topological polar surface area (TPSA) is 80.8 Å². The molecule has 0 spiro atoms. The van der Waals surface area contributed by atoms with Crippen molar-refractivity contribution in [2.45, 2.75) is 39.4 Å². The maximum Gasteiger partial charge on any atom is 0.412 e. The summed E-state index contributed by atoms with van der Waals surface area (Å²) in [6.45, 7) is 10.0. The van der Waals surface area contributed by atoms with Gasteiger partial charge in [0.2, 0.25) is 0 Å². The van der Waals surface area contributed by atoms with E-state index in [-0.39, 0.29) is 17.8 Å². The Hall–Kier alpha value is -2.29. The van der Waals surface area contributed by atoms with Gasteiger partial charge in [-0.25, -0.2) is 9.78 Å². The molecule has 1 aliphatic rings. The second-order valence-electron chi connectivity index (χ2n) is 8.43. The Bertz CT molecular complexity index is 864. The van der Waals surface area contributed by atoms with Crippen molar-refractivity contribution in [3.63, 3.8) is 0 Å². The molecule has 8 heteroatoms. The van der Waals surface area contributed by atoms with Gasteiger partial charge in [0.1, 0.15) is 16.7 Å². The Kier molecular flexibility index (Phi) is 7.23. The number of nitrogens with zero attached hydrogens (tertiary/aromatic N) is 2. The smallest absolute Gasteiger partial charge is 0.412 e. The summed E-state index contributed by atoms with van der Waals surface area (Å²) in [7, 11) is 0. The summed E-state index contributed by atoms with van der Waals surface area (Å²) in [6.07, 6.45) is 1.15. The number of hydrogen-bond donors (Lipinski definition) is 1. The number of ether oxygens (including phenoxy) is 2. The third kappa shape index (κ3) is 6.10. The van der Waals surface area contributed by atoms with Crippen LogP contribution in [0.15, 0.2) is 35.8 Å². The molecule has 2 aromatic rings. The van der Waals surface area contributed by atoms with Crippen LogP contribution in [0, 0.1) is 5.92 Å². The van der Waals surface area contributed by atoms with Gasteiger partial charge in [-0.2, -0.15) is 0 Å². The lowest BCUT2D eigenvalue weighted by molar-refractivity contribution is -0.0330. The largest absolute Gasteiger partial charge is 0.444 e. The van der Waals surface area contributed by atoms with Gasteiger partial charge in [0.25, 0.3) is 0 Å². The zero-order chi connectivity index (χ0) is 21.7. The predicted octanol–water partition coefficient (Wildman–Crippen LogP) is 4.38. The number of aromatic nitrogens is 1. The molecule has 0 saturated carbocycles. The van der Waals surface area contributed by atoms with E-state index in [4.69, 9.17) is 9.47 Å². The minimum Gasteiger partial charge on any atom is -0.444 e. The fourth-order valence-corrected chi connectivity index (χ4v) is 4.04. The quantitative estimate of drug-likeness (QED) is 0.684. The van der Waals surface area contributed by atoms with Crippen LogP contribution in [-0.2, 0) is 9.47 Å². The molecule has 1 N–H and O–H groups in total. The molecule has 3 rings (SSSR count). The maximum absolute atomic E-state index is 13.2. The normalized spacial score (nSPS) is 18.6. The lowest BCUT2D eigenvalue weighted by Gasteiger charge is -2.33. The summed E-state index contributed by atoms with van der Waals surface area (Å²) >= 11 is 1.58. The Balaban J connectivity index is 1.64. The Morgan fingerprint density at radius 1 is 1.37 bits per heavy atom. The number of rotatable bonds is 6. The van der Waals surface area contributed by atoms with Gasteiger partial charge in [-0.05, 0) is 32.9 Å². The molecule has 0 aliphatic carbocycles. The van der Waals surface area contributed by atoms with Crippen molar-refractivity contribution in [2.24, 2.45) is 5.92 Å². The van der Waals surface area contributed by atoms with Crippen LogP contribution >= 0.6 is 11.3 Å². The van der Waals surface area contributed by atoms with Gasteiger partial charge in [-0.3, -0.25) is 15.0 Å². The fraction of sp³-hybridized carbons (Fsp3) is 0.500. The summed E-state index contributed by atoms with van der Waals surface area (Å²) < 4.78 is 11.2. The number of carbonyl (C=O) groups excluding carboxylic acids is 2. The average Bonchev–Trinajstić information content (AvgIpc) is 3.21. The molecule has 1 amide bonds. The van der Waals surface area contributed by atoms with Crippen molar-refractivity contribution in [3.8, 4) is 0 Å². The molecule has 1 aliphatic heterocycles. The maximum atomic E-state index is 13.2. The summed E-state index contributed by atoms with van der Waals surface area (Å²) in [5, 5.41) is 5.62. The molecule has 0 radical (unpaired) electrons. The molecule has 1 aromatic heterocycles. The first kappa shape index (κ1) is 22.4. The van der Waals surface area contributed by atoms with Crippen LogP contribution in [0.5, 0.6) is 0 Å². The number of hydrogen-bond acceptors (Lipinski definition) is 7. The first-order valence-corrected chi connectivity index (χ1v) is 11.0. The first-order valence-electron chi connectivity index (χ1n) is 10.1. The third-order valence-electron chi connectivity index (χ3n) is 4.69. The molecule has 162 valence electrons. The number of para-hydroxylation sites is 1. The van der Waals surface area contributed by atoms with Gasteiger partial charge in [-0.15, -0.1) is 11.3 Å². The van der Waals surface area contributed by atoms with E-state index in [1.165, 1.54) is 0 Å². The molecule has 2 atom stereocenters. The van der Waals surface area contributed by atoms with Crippen LogP contribution in [0.25, 0.3) is 0 Å². The highest BCUT2D eigenvalue weighted by Crippen LogP contribution is 2.26. The van der Waals surface area contributed by atoms with E-state index in [0.29, 0.717) is 30.9 Å². The first-order chi connectivity index (χ1) is 14.2. The highest BCUT2D eigenvalue weighted by molar-refractivity contribution is 7.09. The Labute approximate surface area is 181 Å². The Morgan fingerprint density at radius 2 is 2.13 bits per heavy atom. The third-order valence-corrected chi connectivity index (χ3v) is 5.55. The van der Waals surface area contributed by atoms with Gasteiger partial charge in [0.05, 0.1) is 12.3 Å². The molecule has 0 bridgehead atoms. The van der Waals surface area contributed by atoms with Gasteiger partial charge in [0.15, 0.2) is 5.78 Å². The number of morpholine rings is 1. The summed E-state index contributed by atoms with van der Waals surface area (Å²) in [5.41, 5.74) is 0.340. The number of anilines is 1. The van der Waals surface area contributed by atoms with Gasteiger partial charge < -0.3 is 9.47 Å². The summed E-state index contributed by atoms with van der Waals surface area (Å²) in [5.74, 6) is -0.249. The SMILES string of the molecule is CC(CN1CCOC(c2nccs2)C1)C(=O)c1ccccc1NC(=O)OC(C)(C)C. The van der Waals surface area contributed by atoms with E-state index in [0.717, 1.165) is 11.6 Å². The number of nitrogens with one attached hydrogen (secondary N) is 1. The number of ketones is 1. The average molecular weight is 432 g/mol. The number of carbonyl (C=O) groups is 2. The minimum absolute atomic E-state index is 0.0149. The molecular weight excluding hydrogens is 402 g/mol. The van der Waals surface area contributed by atoms with Crippen molar-refractivity contribution in [2.75, 3.05) is 31.6 Å². The van der Waals surface area contributed by atoms with Crippen molar-refractivity contribution < 1.29 is 19.1 Å². The molecule has 1 fully saturated rings. The number of thiazole rings is 1. The van der Waals surface area contributed by atoms with Gasteiger partial charge >= 0.3 is 6.09 Å². The fourth-order valence-electron chi connectivity index (χ4n) is 3.37. The molecule has 1 aromatic carbocycles. The van der Waals surface area contributed by atoms with Gasteiger partial charge in [-0.1, -0.05) is 19.1 Å². The van der Waals surface area contributed by atoms with E-state index >= 15 is 0 Å². The molecule has 2 heterocycles. The lowest BCUT2D eigenvalue weighted by Crippen LogP contribution is -2.41. The van der Waals surface area contributed by atoms with Crippen LogP contribution < -0.4 is 5.32 Å². The number of benzene rings is 1. The van der Waals surface area contributed by atoms with Crippen molar-refractivity contribution in [1.29, 1.82) is 0 Å². The van der Waals surface area contributed by atoms with E-state index in [1.807, 2.05) is 12.3 Å². The number of amides is 1. The molecule has 30 heavy (non-hydrogen) atoms. The second kappa shape index (κ2) is 9.68. The van der Waals surface area contributed by atoms with Crippen LogP contribution in [-0.4, -0.2) is 53.6 Å². The second-order valence-corrected chi connectivity index (χ2v) is 9.35. The van der Waals surface area contributed by atoms with E-state index in [9.17, 15) is 9.59 Å². The molecular formula is C22H29N3O4S. The van der Waals surface area contributed by atoms with E-state index in [1.54, 1.807) is 62.6 Å². The molecule has 1 saturated heterocycles. The lowest BCUT2D eigenvalue weighted by atomic mass is 9.97. The van der Waals surface area contributed by atoms with Crippen molar-refractivity contribution in [1.82, 2.24) is 9.88 Å². The minimum atomic E-state index is -0.610. The van der Waals surface area contributed by atoms with Gasteiger partial charge in [0, 0.05) is 42.7 Å². The molecule has 7 nitrogen and oxygen atoms in total. The zero-order valence-corrected chi connectivity index (χ0v) is 18.7. The van der Waals surface area contributed by atoms with Crippen molar-refractivity contribution in [3.05, 3.63) is 46.4 Å². The van der Waals surface area contributed by atoms with Crippen LogP contribution in [0.1, 0.15) is 49.2 Å². The van der Waals surface area contributed by atoms with E-state index in [2.05, 4.69) is 15.2 Å². The van der Waals surface area contributed by atoms with Crippen LogP contribution in [0.3, 0.4) is 0 Å². The molecule has 2 unspecified atom stereocenters. The highest BCUT2D eigenvalue weighted by atomic mass is 32.1. The van der Waals surface area contributed by atoms with Crippen LogP contribution in [0.2, 0.25) is 0 Å². The van der Waals surface area contributed by atoms with Crippen molar-refractivity contribution >= 4 is 28.9 Å². The Morgan fingerprint density at radius 3 is 2.83 bits per heavy atom. The van der Waals surface area contributed by atoms with Crippen LogP contribution in [0.4, 0.5) is 10.5 Å². The summed E-state index contributed by atoms with van der Waals surface area (Å²) in [4.78, 5) is 31.9. The standard InChI is InChI=1S/C22H29N3O4S/c1-15(13-25-10-11-28-18(14-25)20-23-9-12-30-20)19(26)16-7-5-6-8-17(16)24-21(27)29-22(2,3)4/h5-9,12,15,18H,10-11,13-14H2,1-4H3,(H,24,27). The van der Waals surface area contributed by atoms with E-state index < -0.39 is 11.7 Å². The number of Topliss-reactive ketones (excluding diaryl/α,β-unsaturated/α-hetero) is 1. The highest BCUT2D eigenvalue weighted by Gasteiger charge is 2.28. The predicted molar refractivity (Wildman–Crippen MR) is 117 cm³/mol. The summed E-state index contributed by atoms with van der Waals surface area (Å²) in [6, 6.07) is 7.04. The monoisotopic (exact) mass is 431 g/mol.